The molecule has 0 radical (unpaired) electrons. The molecule has 2 aliphatic rings. The van der Waals surface area contributed by atoms with Crippen LogP contribution >= 0.6 is 0 Å². The zero-order chi connectivity index (χ0) is 25.3. The van der Waals surface area contributed by atoms with Gasteiger partial charge in [-0.3, -0.25) is 14.5 Å². The maximum absolute atomic E-state index is 13.2. The van der Waals surface area contributed by atoms with Crippen LogP contribution in [0.2, 0.25) is 0 Å². The lowest BCUT2D eigenvalue weighted by atomic mass is 9.86. The molecule has 1 aromatic rings. The minimum absolute atomic E-state index is 0.202. The van der Waals surface area contributed by atoms with Crippen LogP contribution in [0.3, 0.4) is 0 Å². The number of rotatable bonds is 5. The highest BCUT2D eigenvalue weighted by molar-refractivity contribution is 6.02. The molecule has 0 aromatic heterocycles. The zero-order valence-corrected chi connectivity index (χ0v) is 20.5. The number of benzene rings is 1. The van der Waals surface area contributed by atoms with Crippen LogP contribution in [0.25, 0.3) is 0 Å². The highest BCUT2D eigenvalue weighted by Gasteiger charge is 2.52. The Morgan fingerprint density at radius 1 is 1.00 bits per heavy atom. The first-order valence-corrected chi connectivity index (χ1v) is 11.4. The van der Waals surface area contributed by atoms with Crippen LogP contribution in [0.15, 0.2) is 42.1 Å². The lowest BCUT2D eigenvalue weighted by molar-refractivity contribution is -0.162. The fraction of sp³-hybridized carbons (Fsp3) is 0.520. The predicted octanol–water partition coefficient (Wildman–Crippen LogP) is 2.97. The van der Waals surface area contributed by atoms with E-state index >= 15 is 0 Å². The van der Waals surface area contributed by atoms with E-state index in [1.54, 1.807) is 78.0 Å². The number of fused-ring (bicyclic) bond motifs is 1. The zero-order valence-electron chi connectivity index (χ0n) is 20.5. The van der Waals surface area contributed by atoms with Gasteiger partial charge in [-0.15, -0.1) is 0 Å². The number of nitrogens with one attached hydrogen (secondary N) is 2. The van der Waals surface area contributed by atoms with Crippen molar-refractivity contribution in [3.8, 4) is 0 Å². The summed E-state index contributed by atoms with van der Waals surface area (Å²) in [5.74, 6) is -1.49. The summed E-state index contributed by atoms with van der Waals surface area (Å²) >= 11 is 0. The molecule has 0 spiro atoms. The summed E-state index contributed by atoms with van der Waals surface area (Å²) in [7, 11) is 0. The van der Waals surface area contributed by atoms with Gasteiger partial charge < -0.3 is 20.1 Å². The van der Waals surface area contributed by atoms with Crippen LogP contribution in [0, 0.1) is 0 Å². The van der Waals surface area contributed by atoms with Crippen LogP contribution in [-0.2, 0) is 23.9 Å². The van der Waals surface area contributed by atoms with E-state index in [2.05, 4.69) is 10.6 Å². The summed E-state index contributed by atoms with van der Waals surface area (Å²) in [6, 6.07) is 6.50. The van der Waals surface area contributed by atoms with Gasteiger partial charge in [0.1, 0.15) is 29.0 Å². The van der Waals surface area contributed by atoms with Gasteiger partial charge in [-0.05, 0) is 59.9 Å². The number of esters is 1. The number of allylic oxidation sites excluding steroid dienone is 1. The molecule has 3 rings (SSSR count). The maximum Gasteiger partial charge on any atom is 0.408 e. The average molecular weight is 472 g/mol. The molecular weight excluding hydrogens is 438 g/mol. The van der Waals surface area contributed by atoms with Crippen molar-refractivity contribution in [2.75, 3.05) is 0 Å². The molecular formula is C25H33N3O6. The standard InChI is InChI=1S/C25H33N3O6/c1-24(2,3)33-22(31)17-14-10-13-16-19(21(30)28(16)17)26-20(29)18(15-11-8-7-9-12-15)27-23(32)34-25(4,5)6/h7-9,11-12,14,16,18-19H,10,13H2,1-6H3,(H,26,29)(H,27,32)/t16-,18-,19-/m1/s1. The van der Waals surface area contributed by atoms with Crippen molar-refractivity contribution in [2.45, 2.75) is 83.7 Å². The first-order valence-electron chi connectivity index (χ1n) is 11.4. The quantitative estimate of drug-likeness (QED) is 0.504. The minimum Gasteiger partial charge on any atom is -0.455 e. The van der Waals surface area contributed by atoms with E-state index in [1.165, 1.54) is 4.90 Å². The predicted molar refractivity (Wildman–Crippen MR) is 124 cm³/mol. The average Bonchev–Trinajstić information content (AvgIpc) is 2.73. The molecule has 3 amide bonds. The molecule has 0 unspecified atom stereocenters. The Morgan fingerprint density at radius 3 is 2.21 bits per heavy atom. The molecule has 34 heavy (non-hydrogen) atoms. The van der Waals surface area contributed by atoms with Crippen molar-refractivity contribution >= 4 is 23.9 Å². The fourth-order valence-electron chi connectivity index (χ4n) is 3.90. The van der Waals surface area contributed by atoms with Crippen molar-refractivity contribution in [3.05, 3.63) is 47.7 Å². The Kier molecular flexibility index (Phi) is 7.05. The molecule has 9 heteroatoms. The largest absolute Gasteiger partial charge is 0.455 e. The fourth-order valence-corrected chi connectivity index (χ4v) is 3.90. The second kappa shape index (κ2) is 9.48. The summed E-state index contributed by atoms with van der Waals surface area (Å²) in [6.07, 6.45) is 2.12. The normalized spacial score (nSPS) is 20.8. The molecule has 3 atom stereocenters. The Labute approximate surface area is 199 Å². The second-order valence-electron chi connectivity index (χ2n) is 10.4. The molecule has 2 heterocycles. The van der Waals surface area contributed by atoms with Crippen molar-refractivity contribution in [3.63, 3.8) is 0 Å². The number of ether oxygens (including phenoxy) is 2. The third kappa shape index (κ3) is 5.95. The first kappa shape index (κ1) is 25.3. The molecule has 0 saturated carbocycles. The van der Waals surface area contributed by atoms with Crippen LogP contribution in [-0.4, -0.2) is 52.1 Å². The van der Waals surface area contributed by atoms with Gasteiger partial charge in [-0.2, -0.15) is 0 Å². The smallest absolute Gasteiger partial charge is 0.408 e. The van der Waals surface area contributed by atoms with Crippen LogP contribution in [0.1, 0.15) is 66.0 Å². The van der Waals surface area contributed by atoms with Crippen LogP contribution in [0.4, 0.5) is 4.79 Å². The van der Waals surface area contributed by atoms with E-state index in [-0.39, 0.29) is 17.6 Å². The van der Waals surface area contributed by atoms with Crippen LogP contribution in [0.5, 0.6) is 0 Å². The van der Waals surface area contributed by atoms with Crippen molar-refractivity contribution < 1.29 is 28.7 Å². The van der Waals surface area contributed by atoms with E-state index < -0.39 is 41.3 Å². The first-order chi connectivity index (χ1) is 15.8. The highest BCUT2D eigenvalue weighted by atomic mass is 16.6. The summed E-state index contributed by atoms with van der Waals surface area (Å²) in [4.78, 5) is 52.5. The van der Waals surface area contributed by atoms with Gasteiger partial charge in [0.2, 0.25) is 5.91 Å². The number of carbonyl (C=O) groups is 4. The third-order valence-corrected chi connectivity index (χ3v) is 5.24. The molecule has 1 aromatic carbocycles. The SMILES string of the molecule is CC(C)(C)OC(=O)N[C@@H](C(=O)N[C@H]1C(=O)N2C(C(=O)OC(C)(C)C)=CCC[C@H]12)c1ccccc1. The summed E-state index contributed by atoms with van der Waals surface area (Å²) in [6.45, 7) is 10.5. The van der Waals surface area contributed by atoms with E-state index in [4.69, 9.17) is 9.47 Å². The Balaban J connectivity index is 1.73. The summed E-state index contributed by atoms with van der Waals surface area (Å²) < 4.78 is 10.7. The summed E-state index contributed by atoms with van der Waals surface area (Å²) in [5.41, 5.74) is -0.679. The summed E-state index contributed by atoms with van der Waals surface area (Å²) in [5, 5.41) is 5.36. The van der Waals surface area contributed by atoms with Gasteiger partial charge in [0, 0.05) is 0 Å². The molecule has 2 aliphatic heterocycles. The van der Waals surface area contributed by atoms with Crippen LogP contribution < -0.4 is 10.6 Å². The second-order valence-corrected chi connectivity index (χ2v) is 10.4. The monoisotopic (exact) mass is 471 g/mol. The van der Waals surface area contributed by atoms with Gasteiger partial charge in [-0.1, -0.05) is 36.4 Å². The molecule has 0 bridgehead atoms. The van der Waals surface area contributed by atoms with Crippen molar-refractivity contribution in [1.29, 1.82) is 0 Å². The van der Waals surface area contributed by atoms with E-state index in [1.807, 2.05) is 0 Å². The molecule has 2 N–H and O–H groups in total. The highest BCUT2D eigenvalue weighted by Crippen LogP contribution is 2.34. The molecule has 9 nitrogen and oxygen atoms in total. The van der Waals surface area contributed by atoms with E-state index in [0.29, 0.717) is 18.4 Å². The number of alkyl carbamates (subject to hydrolysis) is 1. The number of β-lactam (4-membered cyclic amide) rings is 1. The number of nitrogens with zero attached hydrogens (tertiary/aromatic N) is 1. The molecule has 0 aliphatic carbocycles. The number of amides is 3. The van der Waals surface area contributed by atoms with Gasteiger partial charge in [0.25, 0.3) is 5.91 Å². The van der Waals surface area contributed by atoms with Crippen molar-refractivity contribution in [2.24, 2.45) is 0 Å². The molecule has 1 fully saturated rings. The topological polar surface area (TPSA) is 114 Å². The number of hydrogen-bond acceptors (Lipinski definition) is 6. The molecule has 1 saturated heterocycles. The lowest BCUT2D eigenvalue weighted by Crippen LogP contribution is -2.72. The Bertz CT molecular complexity index is 990. The Morgan fingerprint density at radius 2 is 1.62 bits per heavy atom. The number of carbonyl (C=O) groups excluding carboxylic acids is 4. The van der Waals surface area contributed by atoms with Gasteiger partial charge in [0.15, 0.2) is 0 Å². The van der Waals surface area contributed by atoms with Gasteiger partial charge >= 0.3 is 12.1 Å². The van der Waals surface area contributed by atoms with Gasteiger partial charge in [-0.25, -0.2) is 9.59 Å². The maximum atomic E-state index is 13.2. The number of hydrogen-bond donors (Lipinski definition) is 2. The Hall–Kier alpha value is -3.36. The van der Waals surface area contributed by atoms with E-state index in [0.717, 1.165) is 0 Å². The third-order valence-electron chi connectivity index (χ3n) is 5.24. The molecule has 184 valence electrons. The van der Waals surface area contributed by atoms with E-state index in [9.17, 15) is 19.2 Å². The minimum atomic E-state index is -1.05. The van der Waals surface area contributed by atoms with Crippen molar-refractivity contribution in [1.82, 2.24) is 15.5 Å². The van der Waals surface area contributed by atoms with Gasteiger partial charge in [0.05, 0.1) is 6.04 Å². The lowest BCUT2D eigenvalue weighted by Gasteiger charge is -2.49.